The number of nitrogens with one attached hydrogen (secondary N) is 1. The number of phenolic OH excluding ortho intramolecular Hbond substituents is 1. The van der Waals surface area contributed by atoms with Gasteiger partial charge in [0.2, 0.25) is 0 Å². The maximum Gasteiger partial charge on any atom is 0.335 e. The summed E-state index contributed by atoms with van der Waals surface area (Å²) in [5, 5.41) is 26.7. The van der Waals surface area contributed by atoms with Gasteiger partial charge in [0.15, 0.2) is 5.82 Å². The number of nitrogens with zero attached hydrogens (tertiary/aromatic N) is 3. The topological polar surface area (TPSA) is 134 Å². The van der Waals surface area contributed by atoms with Gasteiger partial charge in [-0.05, 0) is 30.3 Å². The summed E-state index contributed by atoms with van der Waals surface area (Å²) >= 11 is 0. The number of carbonyl (C=O) groups is 1. The Kier molecular flexibility index (Phi) is 4.34. The lowest BCUT2D eigenvalue weighted by molar-refractivity contribution is 0.0696. The molecule has 0 atom stereocenters. The van der Waals surface area contributed by atoms with Crippen molar-refractivity contribution in [2.45, 2.75) is 4.90 Å². The molecule has 3 rings (SSSR count). The second-order valence-electron chi connectivity index (χ2n) is 5.40. The molecule has 0 radical (unpaired) electrons. The maximum absolute atomic E-state index is 12.7. The number of aryl methyl sites for hydroxylation is 1. The van der Waals surface area contributed by atoms with Gasteiger partial charge in [0.05, 0.1) is 11.3 Å². The van der Waals surface area contributed by atoms with Crippen molar-refractivity contribution in [3.8, 4) is 17.1 Å². The highest BCUT2D eigenvalue weighted by Crippen LogP contribution is 2.30. The fourth-order valence-electron chi connectivity index (χ4n) is 2.36. The molecule has 134 valence electrons. The zero-order valence-electron chi connectivity index (χ0n) is 13.5. The van der Waals surface area contributed by atoms with Gasteiger partial charge >= 0.3 is 5.97 Å². The number of aromatic carboxylic acids is 1. The first-order valence-electron chi connectivity index (χ1n) is 7.32. The number of hydrogen-bond donors (Lipinski definition) is 3. The number of hydrogen-bond acceptors (Lipinski definition) is 6. The summed E-state index contributed by atoms with van der Waals surface area (Å²) in [7, 11) is -2.54. The molecule has 9 nitrogen and oxygen atoms in total. The van der Waals surface area contributed by atoms with Gasteiger partial charge in [-0.3, -0.25) is 4.72 Å². The van der Waals surface area contributed by atoms with Crippen LogP contribution >= 0.6 is 0 Å². The van der Waals surface area contributed by atoms with Gasteiger partial charge in [-0.2, -0.15) is 0 Å². The smallest absolute Gasteiger partial charge is 0.335 e. The lowest BCUT2D eigenvalue weighted by atomic mass is 10.2. The number of benzene rings is 2. The van der Waals surface area contributed by atoms with Crippen LogP contribution in [0.5, 0.6) is 5.75 Å². The Labute approximate surface area is 148 Å². The van der Waals surface area contributed by atoms with E-state index in [0.29, 0.717) is 11.4 Å². The second kappa shape index (κ2) is 6.48. The molecular weight excluding hydrogens is 360 g/mol. The van der Waals surface area contributed by atoms with Gasteiger partial charge in [0, 0.05) is 12.6 Å². The third kappa shape index (κ3) is 3.22. The summed E-state index contributed by atoms with van der Waals surface area (Å²) in [4.78, 5) is 10.5. The molecule has 0 saturated carbocycles. The molecule has 0 fully saturated rings. The number of carboxylic acid groups (broad SMARTS) is 1. The molecule has 0 bridgehead atoms. The fourth-order valence-corrected chi connectivity index (χ4v) is 3.56. The number of para-hydroxylation sites is 1. The van der Waals surface area contributed by atoms with E-state index in [2.05, 4.69) is 14.9 Å². The average Bonchev–Trinajstić information content (AvgIpc) is 3.01. The number of phenols is 1. The summed E-state index contributed by atoms with van der Waals surface area (Å²) in [5.41, 5.74) is 0.429. The van der Waals surface area contributed by atoms with Gasteiger partial charge < -0.3 is 14.8 Å². The summed E-state index contributed by atoms with van der Waals surface area (Å²) in [5.74, 6) is -1.42. The molecule has 0 amide bonds. The highest BCUT2D eigenvalue weighted by molar-refractivity contribution is 7.92. The van der Waals surface area contributed by atoms with E-state index in [1.54, 1.807) is 29.8 Å². The SMILES string of the molecule is Cn1cnnc1-c1ccccc1NS(=O)(=O)c1cc(C(=O)O)ccc1O. The molecule has 0 unspecified atom stereocenters. The molecule has 26 heavy (non-hydrogen) atoms. The summed E-state index contributed by atoms with van der Waals surface area (Å²) < 4.78 is 29.4. The minimum atomic E-state index is -4.25. The molecule has 0 aliphatic heterocycles. The van der Waals surface area contributed by atoms with Crippen molar-refractivity contribution in [1.29, 1.82) is 0 Å². The average molecular weight is 374 g/mol. The molecule has 0 saturated heterocycles. The largest absolute Gasteiger partial charge is 0.507 e. The van der Waals surface area contributed by atoms with Gasteiger partial charge in [-0.15, -0.1) is 10.2 Å². The molecule has 0 aliphatic rings. The van der Waals surface area contributed by atoms with E-state index in [1.807, 2.05) is 0 Å². The van der Waals surface area contributed by atoms with Crippen LogP contribution in [0, 0.1) is 0 Å². The van der Waals surface area contributed by atoms with E-state index >= 15 is 0 Å². The summed E-state index contributed by atoms with van der Waals surface area (Å²) in [6.45, 7) is 0. The van der Waals surface area contributed by atoms with Crippen molar-refractivity contribution in [3.05, 3.63) is 54.4 Å². The Bertz CT molecular complexity index is 1090. The maximum atomic E-state index is 12.7. The number of aromatic hydroxyl groups is 1. The van der Waals surface area contributed by atoms with Crippen molar-refractivity contribution in [3.63, 3.8) is 0 Å². The van der Waals surface area contributed by atoms with Crippen LogP contribution in [-0.2, 0) is 17.1 Å². The third-order valence-corrected chi connectivity index (χ3v) is 5.01. The lowest BCUT2D eigenvalue weighted by Crippen LogP contribution is -2.15. The van der Waals surface area contributed by atoms with E-state index in [1.165, 1.54) is 12.4 Å². The Hall–Kier alpha value is -3.40. The predicted octanol–water partition coefficient (Wildman–Crippen LogP) is 1.69. The third-order valence-electron chi connectivity index (χ3n) is 3.62. The normalized spacial score (nSPS) is 11.3. The number of carboxylic acids is 1. The van der Waals surface area contributed by atoms with Crippen LogP contribution in [0.1, 0.15) is 10.4 Å². The minimum Gasteiger partial charge on any atom is -0.507 e. The number of aromatic nitrogens is 3. The monoisotopic (exact) mass is 374 g/mol. The lowest BCUT2D eigenvalue weighted by Gasteiger charge is -2.13. The molecule has 2 aromatic carbocycles. The van der Waals surface area contributed by atoms with Gasteiger partial charge in [-0.1, -0.05) is 12.1 Å². The summed E-state index contributed by atoms with van der Waals surface area (Å²) in [6, 6.07) is 9.56. The first-order valence-corrected chi connectivity index (χ1v) is 8.80. The van der Waals surface area contributed by atoms with Crippen LogP contribution in [0.2, 0.25) is 0 Å². The van der Waals surface area contributed by atoms with Crippen LogP contribution in [0.25, 0.3) is 11.4 Å². The van der Waals surface area contributed by atoms with Crippen LogP contribution in [0.3, 0.4) is 0 Å². The molecule has 0 aliphatic carbocycles. The summed E-state index contributed by atoms with van der Waals surface area (Å²) in [6.07, 6.45) is 1.47. The number of anilines is 1. The highest BCUT2D eigenvalue weighted by Gasteiger charge is 2.23. The molecule has 10 heteroatoms. The van der Waals surface area contributed by atoms with E-state index in [9.17, 15) is 18.3 Å². The second-order valence-corrected chi connectivity index (χ2v) is 7.06. The Morgan fingerprint density at radius 1 is 1.19 bits per heavy atom. The van der Waals surface area contributed by atoms with Crippen molar-refractivity contribution in [2.75, 3.05) is 4.72 Å². The van der Waals surface area contributed by atoms with Crippen LogP contribution in [0.15, 0.2) is 53.7 Å². The highest BCUT2D eigenvalue weighted by atomic mass is 32.2. The number of sulfonamides is 1. The Morgan fingerprint density at radius 2 is 1.92 bits per heavy atom. The molecule has 0 spiro atoms. The van der Waals surface area contributed by atoms with Crippen LogP contribution < -0.4 is 4.72 Å². The van der Waals surface area contributed by atoms with E-state index in [0.717, 1.165) is 18.2 Å². The van der Waals surface area contributed by atoms with Crippen LogP contribution in [-0.4, -0.2) is 39.4 Å². The molecule has 1 aromatic heterocycles. The first-order chi connectivity index (χ1) is 12.3. The molecular formula is C16H14N4O5S. The molecule has 1 heterocycles. The Morgan fingerprint density at radius 3 is 2.58 bits per heavy atom. The minimum absolute atomic E-state index is 0.212. The van der Waals surface area contributed by atoms with Gasteiger partial charge in [-0.25, -0.2) is 13.2 Å². The van der Waals surface area contributed by atoms with E-state index in [-0.39, 0.29) is 11.3 Å². The van der Waals surface area contributed by atoms with Gasteiger partial charge in [0.25, 0.3) is 10.0 Å². The van der Waals surface area contributed by atoms with Crippen molar-refractivity contribution >= 4 is 21.7 Å². The Balaban J connectivity index is 2.06. The molecule has 3 N–H and O–H groups in total. The fraction of sp³-hybridized carbons (Fsp3) is 0.0625. The van der Waals surface area contributed by atoms with Crippen molar-refractivity contribution < 1.29 is 23.4 Å². The van der Waals surface area contributed by atoms with Crippen molar-refractivity contribution in [1.82, 2.24) is 14.8 Å². The van der Waals surface area contributed by atoms with E-state index in [4.69, 9.17) is 5.11 Å². The first kappa shape index (κ1) is 17.4. The predicted molar refractivity (Wildman–Crippen MR) is 92.3 cm³/mol. The quantitative estimate of drug-likeness (QED) is 0.618. The van der Waals surface area contributed by atoms with Gasteiger partial charge in [0.1, 0.15) is 17.0 Å². The van der Waals surface area contributed by atoms with Crippen molar-refractivity contribution in [2.24, 2.45) is 7.05 Å². The number of rotatable bonds is 5. The van der Waals surface area contributed by atoms with E-state index < -0.39 is 26.6 Å². The standard InChI is InChI=1S/C16H14N4O5S/c1-20-9-17-18-15(20)11-4-2-3-5-12(11)19-26(24,25)14-8-10(16(22)23)6-7-13(14)21/h2-9,19,21H,1H3,(H,22,23). The molecule has 3 aromatic rings. The van der Waals surface area contributed by atoms with Crippen LogP contribution in [0.4, 0.5) is 5.69 Å². The zero-order chi connectivity index (χ0) is 18.9. The zero-order valence-corrected chi connectivity index (χ0v) is 14.3.